The lowest BCUT2D eigenvalue weighted by molar-refractivity contribution is -0.384. The van der Waals surface area contributed by atoms with Crippen LogP contribution in [-0.4, -0.2) is 10.8 Å². The van der Waals surface area contributed by atoms with Crippen LogP contribution >= 0.6 is 0 Å². The highest BCUT2D eigenvalue weighted by atomic mass is 16.6. The Morgan fingerprint density at radius 1 is 1.04 bits per heavy atom. The molecule has 0 unspecified atom stereocenters. The Bertz CT molecular complexity index is 995. The lowest BCUT2D eigenvalue weighted by atomic mass is 10.0. The molecular weight excluding hydrogens is 328 g/mol. The number of fused-ring (bicyclic) bond motifs is 1. The van der Waals surface area contributed by atoms with Crippen molar-refractivity contribution in [1.29, 1.82) is 0 Å². The van der Waals surface area contributed by atoms with Gasteiger partial charge in [0.1, 0.15) is 0 Å². The van der Waals surface area contributed by atoms with E-state index in [4.69, 9.17) is 0 Å². The van der Waals surface area contributed by atoms with E-state index in [1.54, 1.807) is 18.2 Å². The van der Waals surface area contributed by atoms with E-state index in [0.717, 1.165) is 16.3 Å². The summed E-state index contributed by atoms with van der Waals surface area (Å²) in [5, 5.41) is 16.0. The minimum absolute atomic E-state index is 0.00269. The van der Waals surface area contributed by atoms with E-state index in [1.165, 1.54) is 18.2 Å². The summed E-state index contributed by atoms with van der Waals surface area (Å²) in [6.45, 7) is 1.92. The first-order valence-corrected chi connectivity index (χ1v) is 8.25. The zero-order valence-electron chi connectivity index (χ0n) is 14.3. The fourth-order valence-electron chi connectivity index (χ4n) is 2.74. The third-order valence-corrected chi connectivity index (χ3v) is 4.14. The van der Waals surface area contributed by atoms with Crippen molar-refractivity contribution < 1.29 is 9.72 Å². The van der Waals surface area contributed by atoms with Gasteiger partial charge in [0.25, 0.3) is 5.69 Å². The lowest BCUT2D eigenvalue weighted by Gasteiger charge is -2.13. The highest BCUT2D eigenvalue weighted by Crippen LogP contribution is 2.20. The largest absolute Gasteiger partial charge is 0.346 e. The monoisotopic (exact) mass is 346 g/mol. The maximum absolute atomic E-state index is 12.2. The Hall–Kier alpha value is -3.47. The van der Waals surface area contributed by atoms with Gasteiger partial charge < -0.3 is 5.32 Å². The fraction of sp³-hybridized carbons (Fsp3) is 0.0952. The van der Waals surface area contributed by atoms with E-state index in [-0.39, 0.29) is 17.6 Å². The van der Waals surface area contributed by atoms with Crippen molar-refractivity contribution in [1.82, 2.24) is 5.32 Å². The molecule has 3 rings (SSSR count). The van der Waals surface area contributed by atoms with Crippen LogP contribution in [0.15, 0.2) is 72.8 Å². The summed E-state index contributed by atoms with van der Waals surface area (Å²) in [6, 6.07) is 20.1. The standard InChI is InChI=1S/C21H18N2O3/c1-15(18-11-10-17-6-2-3-7-19(17)14-18)22-21(24)12-9-16-5-4-8-20(13-16)23(25)26/h2-15H,1H3,(H,22,24)/b12-9+/t15-/m0/s1. The third kappa shape index (κ3) is 4.13. The van der Waals surface area contributed by atoms with Crippen molar-refractivity contribution in [3.8, 4) is 0 Å². The van der Waals surface area contributed by atoms with Crippen molar-refractivity contribution in [2.75, 3.05) is 0 Å². The predicted molar refractivity (Wildman–Crippen MR) is 103 cm³/mol. The second-order valence-corrected chi connectivity index (χ2v) is 6.02. The quantitative estimate of drug-likeness (QED) is 0.415. The number of carbonyl (C=O) groups is 1. The van der Waals surface area contributed by atoms with Crippen LogP contribution in [0.3, 0.4) is 0 Å². The van der Waals surface area contributed by atoms with Crippen LogP contribution in [0.4, 0.5) is 5.69 Å². The van der Waals surface area contributed by atoms with Gasteiger partial charge in [-0.25, -0.2) is 0 Å². The molecule has 1 N–H and O–H groups in total. The zero-order valence-corrected chi connectivity index (χ0v) is 14.3. The number of hydrogen-bond acceptors (Lipinski definition) is 3. The number of hydrogen-bond donors (Lipinski definition) is 1. The fourth-order valence-corrected chi connectivity index (χ4v) is 2.74. The van der Waals surface area contributed by atoms with Crippen LogP contribution in [0.5, 0.6) is 0 Å². The number of carbonyl (C=O) groups excluding carboxylic acids is 1. The normalized spacial score (nSPS) is 12.2. The minimum Gasteiger partial charge on any atom is -0.346 e. The van der Waals surface area contributed by atoms with Gasteiger partial charge in [-0.1, -0.05) is 48.5 Å². The number of amides is 1. The first-order valence-electron chi connectivity index (χ1n) is 8.25. The molecule has 5 nitrogen and oxygen atoms in total. The molecule has 3 aromatic rings. The summed E-state index contributed by atoms with van der Waals surface area (Å²) in [5.41, 5.74) is 1.62. The maximum Gasteiger partial charge on any atom is 0.270 e. The molecule has 1 amide bonds. The van der Waals surface area contributed by atoms with Crippen LogP contribution < -0.4 is 5.32 Å². The molecule has 130 valence electrons. The Kier molecular flexibility index (Phi) is 5.08. The van der Waals surface area contributed by atoms with Gasteiger partial charge in [-0.05, 0) is 41.0 Å². The number of nitrogens with zero attached hydrogens (tertiary/aromatic N) is 1. The number of benzene rings is 3. The van der Waals surface area contributed by atoms with Gasteiger partial charge in [-0.3, -0.25) is 14.9 Å². The number of nitrogens with one attached hydrogen (secondary N) is 1. The highest BCUT2D eigenvalue weighted by Gasteiger charge is 2.09. The predicted octanol–water partition coefficient (Wildman–Crippen LogP) is 4.64. The van der Waals surface area contributed by atoms with E-state index in [2.05, 4.69) is 11.4 Å². The summed E-state index contributed by atoms with van der Waals surface area (Å²) < 4.78 is 0. The third-order valence-electron chi connectivity index (χ3n) is 4.14. The van der Waals surface area contributed by atoms with E-state index in [1.807, 2.05) is 43.3 Å². The molecule has 0 fully saturated rings. The van der Waals surface area contributed by atoms with Crippen molar-refractivity contribution in [2.45, 2.75) is 13.0 Å². The second kappa shape index (κ2) is 7.61. The van der Waals surface area contributed by atoms with Gasteiger partial charge in [0.2, 0.25) is 5.91 Å². The molecule has 0 heterocycles. The lowest BCUT2D eigenvalue weighted by Crippen LogP contribution is -2.24. The molecule has 0 aliphatic rings. The van der Waals surface area contributed by atoms with Crippen LogP contribution in [0.2, 0.25) is 0 Å². The number of rotatable bonds is 5. The molecule has 3 aromatic carbocycles. The zero-order chi connectivity index (χ0) is 18.5. The molecule has 0 aliphatic carbocycles. The molecule has 1 atom stereocenters. The van der Waals surface area contributed by atoms with Crippen LogP contribution in [0, 0.1) is 10.1 Å². The molecule has 0 aliphatic heterocycles. The van der Waals surface area contributed by atoms with Crippen molar-refractivity contribution in [2.24, 2.45) is 0 Å². The number of nitro benzene ring substituents is 1. The first-order chi connectivity index (χ1) is 12.5. The molecule has 0 radical (unpaired) electrons. The van der Waals surface area contributed by atoms with Crippen molar-refractivity contribution in [3.63, 3.8) is 0 Å². The van der Waals surface area contributed by atoms with E-state index < -0.39 is 4.92 Å². The van der Waals surface area contributed by atoms with Crippen molar-refractivity contribution >= 4 is 28.4 Å². The van der Waals surface area contributed by atoms with Crippen LogP contribution in [0.1, 0.15) is 24.1 Å². The molecule has 0 bridgehead atoms. The molecule has 0 aromatic heterocycles. The molecule has 5 heteroatoms. The van der Waals surface area contributed by atoms with Crippen LogP contribution in [-0.2, 0) is 4.79 Å². The van der Waals surface area contributed by atoms with Gasteiger partial charge in [0.05, 0.1) is 11.0 Å². The van der Waals surface area contributed by atoms with Crippen molar-refractivity contribution in [3.05, 3.63) is 94.0 Å². The highest BCUT2D eigenvalue weighted by molar-refractivity contribution is 5.92. The van der Waals surface area contributed by atoms with Gasteiger partial charge in [0.15, 0.2) is 0 Å². The van der Waals surface area contributed by atoms with E-state index >= 15 is 0 Å². The summed E-state index contributed by atoms with van der Waals surface area (Å²) in [4.78, 5) is 22.5. The molecule has 0 saturated carbocycles. The average molecular weight is 346 g/mol. The van der Waals surface area contributed by atoms with E-state index in [0.29, 0.717) is 5.56 Å². The molecule has 26 heavy (non-hydrogen) atoms. The van der Waals surface area contributed by atoms with Crippen LogP contribution in [0.25, 0.3) is 16.8 Å². The van der Waals surface area contributed by atoms with E-state index in [9.17, 15) is 14.9 Å². The maximum atomic E-state index is 12.2. The Balaban J connectivity index is 1.68. The molecule has 0 saturated heterocycles. The Morgan fingerprint density at radius 2 is 1.81 bits per heavy atom. The summed E-state index contributed by atoms with van der Waals surface area (Å²) in [7, 11) is 0. The Labute approximate surface area is 151 Å². The van der Waals surface area contributed by atoms with Gasteiger partial charge in [-0.15, -0.1) is 0 Å². The number of nitro groups is 1. The average Bonchev–Trinajstić information content (AvgIpc) is 2.66. The van der Waals surface area contributed by atoms with Gasteiger partial charge >= 0.3 is 0 Å². The summed E-state index contributed by atoms with van der Waals surface area (Å²) >= 11 is 0. The molecule has 0 spiro atoms. The minimum atomic E-state index is -0.459. The summed E-state index contributed by atoms with van der Waals surface area (Å²) in [5.74, 6) is -0.253. The van der Waals surface area contributed by atoms with Gasteiger partial charge in [-0.2, -0.15) is 0 Å². The summed E-state index contributed by atoms with van der Waals surface area (Å²) in [6.07, 6.45) is 2.95. The molecular formula is C21H18N2O3. The smallest absolute Gasteiger partial charge is 0.270 e. The first kappa shape index (κ1) is 17.4. The topological polar surface area (TPSA) is 72.2 Å². The SMILES string of the molecule is C[C@H](NC(=O)/C=C/c1cccc([N+](=O)[O-])c1)c1ccc2ccccc2c1. The number of non-ortho nitro benzene ring substituents is 1. The second-order valence-electron chi connectivity index (χ2n) is 6.02. The van der Waals surface area contributed by atoms with Gasteiger partial charge in [0, 0.05) is 18.2 Å². The Morgan fingerprint density at radius 3 is 2.58 bits per heavy atom.